The second-order valence-corrected chi connectivity index (χ2v) is 4.70. The second kappa shape index (κ2) is 6.62. The molecule has 1 heterocycles. The van der Waals surface area contributed by atoms with Crippen LogP contribution in [-0.2, 0) is 4.74 Å². The molecule has 0 saturated carbocycles. The molecule has 0 aliphatic rings. The van der Waals surface area contributed by atoms with Gasteiger partial charge in [-0.2, -0.15) is 0 Å². The number of carbonyl (C=O) groups is 1. The number of halogens is 3. The summed E-state index contributed by atoms with van der Waals surface area (Å²) in [6.07, 6.45) is -1.02. The van der Waals surface area contributed by atoms with Crippen molar-refractivity contribution in [3.05, 3.63) is 5.76 Å². The fourth-order valence-electron chi connectivity index (χ4n) is 1.26. The average Bonchev–Trinajstić information content (AvgIpc) is 2.41. The van der Waals surface area contributed by atoms with Crippen molar-refractivity contribution >= 4 is 24.4 Å². The van der Waals surface area contributed by atoms with Crippen LogP contribution >= 0.6 is 0 Å². The molecule has 1 N–H and O–H groups in total. The minimum absolute atomic E-state index is 0. The third-order valence-electron chi connectivity index (χ3n) is 1.85. The number of rotatable bonds is 2. The third-order valence-corrected chi connectivity index (χ3v) is 1.85. The van der Waals surface area contributed by atoms with Gasteiger partial charge in [-0.25, -0.2) is 4.79 Å². The number of nitrogens with one attached hydrogen (secondary N) is 1. The number of hydrogen-bond acceptors (Lipinski definition) is 4. The maximum atomic E-state index is 12.7. The molecule has 1 amide bonds. The van der Waals surface area contributed by atoms with Crippen LogP contribution < -0.4 is 62.2 Å². The molecule has 0 aromatic carbocycles. The fraction of sp³-hybridized carbons (Fsp3) is 0.556. The van der Waals surface area contributed by atoms with E-state index in [1.807, 2.05) is 5.32 Å². The molecule has 0 saturated heterocycles. The van der Waals surface area contributed by atoms with Crippen LogP contribution in [0, 0.1) is 6.92 Å². The molecule has 0 radical (unpaired) electrons. The third kappa shape index (κ3) is 5.86. The summed E-state index contributed by atoms with van der Waals surface area (Å²) in [5.41, 5.74) is -1.87. The molecule has 10 heteroatoms. The van der Waals surface area contributed by atoms with Crippen LogP contribution in [0.4, 0.5) is 23.6 Å². The van der Waals surface area contributed by atoms with E-state index in [1.165, 1.54) is 0 Å². The standard InChI is InChI=1S/C9H13BF3N2O3.K/c1-5-6(10(11,12)13)7(15-18-5)14-8(16)17-9(2,3)4;/h1-4H3,(H,14,15,16);/q-1;+1. The van der Waals surface area contributed by atoms with E-state index in [0.29, 0.717) is 0 Å². The molecular weight excluding hydrogens is 291 g/mol. The van der Waals surface area contributed by atoms with E-state index in [4.69, 9.17) is 4.74 Å². The van der Waals surface area contributed by atoms with E-state index in [2.05, 4.69) is 9.68 Å². The Morgan fingerprint density at radius 1 is 1.37 bits per heavy atom. The van der Waals surface area contributed by atoms with Crippen molar-refractivity contribution in [3.63, 3.8) is 0 Å². The molecule has 1 aromatic heterocycles. The molecule has 0 aliphatic carbocycles. The van der Waals surface area contributed by atoms with Gasteiger partial charge in [0, 0.05) is 0 Å². The topological polar surface area (TPSA) is 64.4 Å². The smallest absolute Gasteiger partial charge is 0.445 e. The first-order valence-corrected chi connectivity index (χ1v) is 5.17. The molecule has 1 rings (SSSR count). The Bertz CT molecular complexity index is 457. The van der Waals surface area contributed by atoms with Crippen molar-refractivity contribution in [2.24, 2.45) is 0 Å². The molecule has 102 valence electrons. The molecule has 0 atom stereocenters. The van der Waals surface area contributed by atoms with E-state index in [9.17, 15) is 17.7 Å². The van der Waals surface area contributed by atoms with Crippen LogP contribution in [0.25, 0.3) is 0 Å². The van der Waals surface area contributed by atoms with Gasteiger partial charge in [0.2, 0.25) is 0 Å². The van der Waals surface area contributed by atoms with Crippen LogP contribution in [0.2, 0.25) is 0 Å². The maximum absolute atomic E-state index is 12.7. The predicted octanol–water partition coefficient (Wildman–Crippen LogP) is -0.612. The first kappa shape index (κ1) is 19.0. The Hall–Kier alpha value is -0.0287. The SMILES string of the molecule is Cc1onc(NC(=O)OC(C)(C)C)c1[B-](F)(F)F.[K+]. The monoisotopic (exact) mass is 304 g/mol. The maximum Gasteiger partial charge on any atom is 1.00 e. The summed E-state index contributed by atoms with van der Waals surface area (Å²) in [4.78, 5) is 11.3. The van der Waals surface area contributed by atoms with Crippen molar-refractivity contribution in [1.82, 2.24) is 5.16 Å². The summed E-state index contributed by atoms with van der Waals surface area (Å²) in [6, 6.07) is 0. The minimum atomic E-state index is -5.32. The number of ether oxygens (including phenoxy) is 1. The Labute approximate surface area is 151 Å². The van der Waals surface area contributed by atoms with Crippen molar-refractivity contribution in [2.75, 3.05) is 5.32 Å². The summed E-state index contributed by atoms with van der Waals surface area (Å²) in [5, 5.41) is 5.08. The number of hydrogen-bond donors (Lipinski definition) is 1. The number of nitrogens with zero attached hydrogens (tertiary/aromatic N) is 1. The number of amides is 1. The van der Waals surface area contributed by atoms with Gasteiger partial charge in [-0.05, 0) is 33.2 Å². The van der Waals surface area contributed by atoms with Gasteiger partial charge < -0.3 is 22.2 Å². The van der Waals surface area contributed by atoms with Gasteiger partial charge in [-0.1, -0.05) is 5.16 Å². The Morgan fingerprint density at radius 3 is 2.32 bits per heavy atom. The second-order valence-electron chi connectivity index (χ2n) is 4.70. The fourth-order valence-corrected chi connectivity index (χ4v) is 1.26. The van der Waals surface area contributed by atoms with Crippen molar-refractivity contribution < 1.29 is 78.4 Å². The zero-order chi connectivity index (χ0) is 14.1. The summed E-state index contributed by atoms with van der Waals surface area (Å²) >= 11 is 0. The molecule has 0 fully saturated rings. The predicted molar refractivity (Wildman–Crippen MR) is 59.8 cm³/mol. The molecule has 0 unspecified atom stereocenters. The molecule has 5 nitrogen and oxygen atoms in total. The summed E-state index contributed by atoms with van der Waals surface area (Å²) in [6.45, 7) is 0.583. The Kier molecular flexibility index (Phi) is 6.61. The van der Waals surface area contributed by atoms with Crippen LogP contribution in [0.15, 0.2) is 4.52 Å². The summed E-state index contributed by atoms with van der Waals surface area (Å²) in [5.74, 6) is -1.07. The van der Waals surface area contributed by atoms with Crippen LogP contribution in [-0.4, -0.2) is 23.8 Å². The molecular formula is C9H13BF3KN2O3. The van der Waals surface area contributed by atoms with Crippen LogP contribution in [0.3, 0.4) is 0 Å². The first-order valence-electron chi connectivity index (χ1n) is 5.17. The number of anilines is 1. The molecule has 0 bridgehead atoms. The number of aromatic nitrogens is 1. The normalized spacial score (nSPS) is 11.7. The van der Waals surface area contributed by atoms with Gasteiger partial charge in [0.1, 0.15) is 11.4 Å². The summed E-state index contributed by atoms with van der Waals surface area (Å²) in [7, 11) is 0. The van der Waals surface area contributed by atoms with E-state index in [-0.39, 0.29) is 51.4 Å². The van der Waals surface area contributed by atoms with Crippen molar-refractivity contribution in [3.8, 4) is 0 Å². The Morgan fingerprint density at radius 2 is 1.89 bits per heavy atom. The van der Waals surface area contributed by atoms with Gasteiger partial charge >= 0.3 is 64.5 Å². The molecule has 0 aliphatic heterocycles. The van der Waals surface area contributed by atoms with E-state index in [1.54, 1.807) is 20.8 Å². The van der Waals surface area contributed by atoms with Gasteiger partial charge in [0.05, 0.1) is 0 Å². The van der Waals surface area contributed by atoms with E-state index in [0.717, 1.165) is 6.92 Å². The van der Waals surface area contributed by atoms with Crippen LogP contribution in [0.5, 0.6) is 0 Å². The zero-order valence-corrected chi connectivity index (χ0v) is 14.5. The minimum Gasteiger partial charge on any atom is -0.445 e. The van der Waals surface area contributed by atoms with Crippen molar-refractivity contribution in [2.45, 2.75) is 33.3 Å². The van der Waals surface area contributed by atoms with E-state index >= 15 is 0 Å². The van der Waals surface area contributed by atoms with E-state index < -0.39 is 35.7 Å². The van der Waals surface area contributed by atoms with Gasteiger partial charge in [-0.3, -0.25) is 5.32 Å². The average molecular weight is 304 g/mol. The van der Waals surface area contributed by atoms with Gasteiger partial charge in [0.15, 0.2) is 5.82 Å². The first-order chi connectivity index (χ1) is 8.00. The molecule has 1 aromatic rings. The largest absolute Gasteiger partial charge is 1.00 e. The van der Waals surface area contributed by atoms with Gasteiger partial charge in [-0.15, -0.1) is 0 Å². The molecule has 19 heavy (non-hydrogen) atoms. The summed E-state index contributed by atoms with van der Waals surface area (Å²) < 4.78 is 47.4. The van der Waals surface area contributed by atoms with Crippen LogP contribution in [0.1, 0.15) is 26.5 Å². The molecule has 0 spiro atoms. The van der Waals surface area contributed by atoms with Crippen molar-refractivity contribution in [1.29, 1.82) is 0 Å². The number of aryl methyl sites for hydroxylation is 1. The zero-order valence-electron chi connectivity index (χ0n) is 11.4. The quantitative estimate of drug-likeness (QED) is 0.740. The Balaban J connectivity index is 0.00000324. The van der Waals surface area contributed by atoms with Gasteiger partial charge in [0.25, 0.3) is 0 Å². The number of carbonyl (C=O) groups excluding carboxylic acids is 1.